The first-order chi connectivity index (χ1) is 23.7. The fourth-order valence-corrected chi connectivity index (χ4v) is 6.52. The maximum absolute atomic E-state index is 14.7. The van der Waals surface area contributed by atoms with E-state index < -0.39 is 46.6 Å². The van der Waals surface area contributed by atoms with Gasteiger partial charge in [0.1, 0.15) is 46.0 Å². The maximum Gasteiger partial charge on any atom is 0.189 e. The molecule has 10 nitrogen and oxygen atoms in total. The molecule has 0 aliphatic heterocycles. The molecule has 0 aromatic heterocycles. The highest BCUT2D eigenvalue weighted by Gasteiger charge is 2.43. The molecule has 0 heterocycles. The highest BCUT2D eigenvalue weighted by atomic mass is 16.3. The Balaban J connectivity index is 1.67. The third kappa shape index (κ3) is 7.00. The van der Waals surface area contributed by atoms with Crippen molar-refractivity contribution in [1.82, 2.24) is 0 Å². The molecule has 1 aliphatic carbocycles. The molecule has 4 aromatic carbocycles. The van der Waals surface area contributed by atoms with Gasteiger partial charge in [-0.25, -0.2) is 0 Å². The summed E-state index contributed by atoms with van der Waals surface area (Å²) in [6.07, 6.45) is 6.25. The number of ketones is 2. The number of carbonyl (C=O) groups excluding carboxylic acids is 2. The lowest BCUT2D eigenvalue weighted by Crippen LogP contribution is -2.32. The first-order valence-electron chi connectivity index (χ1n) is 15.9. The molecule has 0 unspecified atom stereocenters. The molecule has 0 spiro atoms. The summed E-state index contributed by atoms with van der Waals surface area (Å²) in [6.45, 7) is 5.48. The van der Waals surface area contributed by atoms with E-state index in [9.17, 15) is 50.4 Å². The van der Waals surface area contributed by atoms with Crippen molar-refractivity contribution in [1.29, 1.82) is 0 Å². The van der Waals surface area contributed by atoms with E-state index in [1.807, 2.05) is 13.8 Å². The Morgan fingerprint density at radius 3 is 2.04 bits per heavy atom. The van der Waals surface area contributed by atoms with E-state index >= 15 is 0 Å². The number of rotatable bonds is 9. The van der Waals surface area contributed by atoms with Crippen LogP contribution in [0.1, 0.15) is 82.0 Å². The highest BCUT2D eigenvalue weighted by molar-refractivity contribution is 6.09. The molecule has 10 heteroatoms. The van der Waals surface area contributed by atoms with Crippen LogP contribution in [0, 0.1) is 5.92 Å². The smallest absolute Gasteiger partial charge is 0.189 e. The van der Waals surface area contributed by atoms with Crippen LogP contribution >= 0.6 is 0 Å². The number of Topliss-reactive ketones (excluding diaryl/α,β-unsaturated/α-hetero) is 1. The van der Waals surface area contributed by atoms with E-state index in [1.54, 1.807) is 19.1 Å². The van der Waals surface area contributed by atoms with E-state index in [4.69, 9.17) is 0 Å². The van der Waals surface area contributed by atoms with Gasteiger partial charge in [0.05, 0.1) is 11.1 Å². The summed E-state index contributed by atoms with van der Waals surface area (Å²) in [5.74, 6) is -7.01. The third-order valence-corrected chi connectivity index (χ3v) is 9.00. The number of hydrogen-bond acceptors (Lipinski definition) is 10. The van der Waals surface area contributed by atoms with E-state index in [2.05, 4.69) is 0 Å². The second-order valence-electron chi connectivity index (χ2n) is 12.8. The Bertz CT molecular complexity index is 2080. The van der Waals surface area contributed by atoms with Crippen LogP contribution in [0.15, 0.2) is 90.0 Å². The van der Waals surface area contributed by atoms with Gasteiger partial charge in [-0.1, -0.05) is 29.4 Å². The largest absolute Gasteiger partial charge is 0.508 e. The second kappa shape index (κ2) is 14.1. The minimum Gasteiger partial charge on any atom is -0.508 e. The molecule has 0 bridgehead atoms. The molecule has 0 radical (unpaired) electrons. The monoisotopic (exact) mass is 678 g/mol. The lowest BCUT2D eigenvalue weighted by molar-refractivity contribution is 0.0876. The molecule has 0 saturated carbocycles. The molecule has 258 valence electrons. The Hall–Kier alpha value is -6.16. The number of allylic oxidation sites excluding steroid dienone is 5. The van der Waals surface area contributed by atoms with Gasteiger partial charge in [0, 0.05) is 46.6 Å². The minimum absolute atomic E-state index is 0.130. The molecule has 3 atom stereocenters. The molecule has 8 N–H and O–H groups in total. The number of carbonyl (C=O) groups is 2. The molecule has 1 aliphatic rings. The van der Waals surface area contributed by atoms with Gasteiger partial charge in [-0.3, -0.25) is 9.59 Å². The molecular weight excluding hydrogens is 640 g/mol. The average Bonchev–Trinajstić information content (AvgIpc) is 3.03. The molecule has 4 aromatic rings. The van der Waals surface area contributed by atoms with Gasteiger partial charge in [0.2, 0.25) is 0 Å². The van der Waals surface area contributed by atoms with Crippen LogP contribution in [-0.2, 0) is 6.42 Å². The zero-order valence-electron chi connectivity index (χ0n) is 27.6. The number of benzene rings is 4. The fraction of sp³-hybridized carbons (Fsp3) is 0.200. The van der Waals surface area contributed by atoms with Crippen molar-refractivity contribution in [2.45, 2.75) is 45.4 Å². The van der Waals surface area contributed by atoms with Gasteiger partial charge >= 0.3 is 0 Å². The van der Waals surface area contributed by atoms with Gasteiger partial charge in [-0.05, 0) is 93.8 Å². The highest BCUT2D eigenvalue weighted by Crippen LogP contribution is 2.53. The molecule has 0 saturated heterocycles. The number of phenolic OH excluding ortho intramolecular Hbond substituents is 8. The summed E-state index contributed by atoms with van der Waals surface area (Å²) in [5, 5.41) is 85.5. The van der Waals surface area contributed by atoms with Crippen molar-refractivity contribution in [3.63, 3.8) is 0 Å². The Morgan fingerprint density at radius 1 is 0.740 bits per heavy atom. The van der Waals surface area contributed by atoms with Crippen LogP contribution < -0.4 is 0 Å². The van der Waals surface area contributed by atoms with E-state index in [0.29, 0.717) is 5.56 Å². The zero-order chi connectivity index (χ0) is 36.4. The van der Waals surface area contributed by atoms with Crippen LogP contribution in [-0.4, -0.2) is 52.4 Å². The molecule has 0 fully saturated rings. The van der Waals surface area contributed by atoms with Crippen molar-refractivity contribution < 1.29 is 50.4 Å². The molecular formula is C40H38O10. The summed E-state index contributed by atoms with van der Waals surface area (Å²) in [6, 6.07) is 12.8. The van der Waals surface area contributed by atoms with Crippen LogP contribution in [0.5, 0.6) is 46.0 Å². The van der Waals surface area contributed by atoms with Crippen LogP contribution in [0.2, 0.25) is 0 Å². The molecule has 50 heavy (non-hydrogen) atoms. The maximum atomic E-state index is 14.7. The average molecular weight is 679 g/mol. The Kier molecular flexibility index (Phi) is 9.94. The molecule has 0 amide bonds. The normalized spacial score (nSPS) is 17.3. The van der Waals surface area contributed by atoms with Crippen molar-refractivity contribution in [2.75, 3.05) is 0 Å². The van der Waals surface area contributed by atoms with Crippen molar-refractivity contribution >= 4 is 17.6 Å². The van der Waals surface area contributed by atoms with Crippen molar-refractivity contribution in [2.24, 2.45) is 5.92 Å². The van der Waals surface area contributed by atoms with E-state index in [-0.39, 0.29) is 69.4 Å². The van der Waals surface area contributed by atoms with Gasteiger partial charge in [-0.15, -0.1) is 0 Å². The van der Waals surface area contributed by atoms with Crippen LogP contribution in [0.3, 0.4) is 0 Å². The number of hydrogen-bond donors (Lipinski definition) is 8. The standard InChI is InChI=1S/C40H38O10/c1-20(2)4-9-26-32(44)14-12-28(38(26)48)40(50)36-29(25-10-8-24(42)19-35(25)47)16-21(3)17-30(36)37-33(45)15-11-27(39(37)49)31(43)13-6-22-5-7-23(41)18-34(22)46/h4-8,10-15,17-19,29-30,36,41-42,44-49H,9,16H2,1-3H3/b13-6+/t29-,30+,36-/m1/s1. The summed E-state index contributed by atoms with van der Waals surface area (Å²) < 4.78 is 0. The fourth-order valence-electron chi connectivity index (χ4n) is 6.52. The summed E-state index contributed by atoms with van der Waals surface area (Å²) in [5.41, 5.74) is 1.82. The predicted molar refractivity (Wildman–Crippen MR) is 187 cm³/mol. The van der Waals surface area contributed by atoms with Gasteiger partial charge < -0.3 is 40.9 Å². The van der Waals surface area contributed by atoms with Crippen LogP contribution in [0.4, 0.5) is 0 Å². The second-order valence-corrected chi connectivity index (χ2v) is 12.8. The first kappa shape index (κ1) is 35.2. The Labute approximate surface area is 288 Å². The van der Waals surface area contributed by atoms with Gasteiger partial charge in [0.25, 0.3) is 0 Å². The van der Waals surface area contributed by atoms with Crippen molar-refractivity contribution in [3.8, 4) is 46.0 Å². The summed E-state index contributed by atoms with van der Waals surface area (Å²) in [4.78, 5) is 28.1. The minimum atomic E-state index is -1.19. The number of phenols is 8. The first-order valence-corrected chi connectivity index (χ1v) is 15.9. The van der Waals surface area contributed by atoms with Gasteiger partial charge in [-0.2, -0.15) is 0 Å². The number of aromatic hydroxyl groups is 8. The van der Waals surface area contributed by atoms with E-state index in [1.165, 1.54) is 54.6 Å². The van der Waals surface area contributed by atoms with Crippen molar-refractivity contribution in [3.05, 3.63) is 123 Å². The lowest BCUT2D eigenvalue weighted by Gasteiger charge is -2.37. The quantitative estimate of drug-likeness (QED) is 0.0500. The van der Waals surface area contributed by atoms with E-state index in [0.717, 1.165) is 29.4 Å². The zero-order valence-corrected chi connectivity index (χ0v) is 27.6. The SMILES string of the molecule is CC(C)=CCc1c(O)ccc(C(=O)[C@H]2[C@@H](c3c(O)ccc(C(=O)/C=C/c4ccc(O)cc4O)c3O)C=C(C)C[C@@H]2c2ccc(O)cc2O)c1O. The summed E-state index contributed by atoms with van der Waals surface area (Å²) in [7, 11) is 0. The lowest BCUT2D eigenvalue weighted by atomic mass is 9.65. The van der Waals surface area contributed by atoms with Gasteiger partial charge in [0.15, 0.2) is 11.6 Å². The van der Waals surface area contributed by atoms with Crippen LogP contribution in [0.25, 0.3) is 6.08 Å². The Morgan fingerprint density at radius 2 is 1.38 bits per heavy atom. The topological polar surface area (TPSA) is 196 Å². The third-order valence-electron chi connectivity index (χ3n) is 9.00. The molecule has 5 rings (SSSR count). The summed E-state index contributed by atoms with van der Waals surface area (Å²) >= 11 is 0. The predicted octanol–water partition coefficient (Wildman–Crippen LogP) is 7.45.